The first-order chi connectivity index (χ1) is 7.40. The van der Waals surface area contributed by atoms with Gasteiger partial charge in [0.2, 0.25) is 0 Å². The van der Waals surface area contributed by atoms with Crippen molar-refractivity contribution in [3.8, 4) is 0 Å². The molecule has 0 spiro atoms. The van der Waals surface area contributed by atoms with Crippen molar-refractivity contribution in [2.24, 2.45) is 5.73 Å². The van der Waals surface area contributed by atoms with E-state index in [0.717, 1.165) is 0 Å². The fourth-order valence-electron chi connectivity index (χ4n) is 2.06. The number of nitrogens with two attached hydrogens (primary N) is 1. The Morgan fingerprint density at radius 3 is 2.27 bits per heavy atom. The lowest BCUT2D eigenvalue weighted by Crippen LogP contribution is -2.29. The normalized spacial score (nSPS) is 17.2. The third kappa shape index (κ3) is 2.52. The lowest BCUT2D eigenvalue weighted by Gasteiger charge is -2.28. The first kappa shape index (κ1) is 10.1. The van der Waals surface area contributed by atoms with Gasteiger partial charge in [0.05, 0.1) is 0 Å². The monoisotopic (exact) mass is 202 g/mol. The smallest absolute Gasteiger partial charge is 0.0366 e. The highest BCUT2D eigenvalue weighted by molar-refractivity contribution is 5.55. The molecule has 15 heavy (non-hydrogen) atoms. The fraction of sp³-hybridized carbons (Fsp3) is 0.385. The maximum atomic E-state index is 5.35. The molecule has 1 heterocycles. The number of rotatable bonds is 2. The minimum Gasteiger partial charge on any atom is -0.405 e. The Labute approximate surface area is 91.4 Å². The zero-order valence-corrected chi connectivity index (χ0v) is 9.02. The van der Waals surface area contributed by atoms with Crippen LogP contribution >= 0.6 is 0 Å². The number of hydrogen-bond donors (Lipinski definition) is 1. The van der Waals surface area contributed by atoms with E-state index in [4.69, 9.17) is 5.73 Å². The molecule has 1 aromatic rings. The van der Waals surface area contributed by atoms with Crippen LogP contribution in [0.5, 0.6) is 0 Å². The molecule has 1 aliphatic rings. The van der Waals surface area contributed by atoms with Crippen molar-refractivity contribution in [2.45, 2.75) is 19.3 Å². The third-order valence-corrected chi connectivity index (χ3v) is 2.90. The summed E-state index contributed by atoms with van der Waals surface area (Å²) in [5.41, 5.74) is 7.85. The van der Waals surface area contributed by atoms with E-state index >= 15 is 0 Å². The number of hydrogen-bond acceptors (Lipinski definition) is 2. The van der Waals surface area contributed by atoms with Crippen molar-refractivity contribution in [1.29, 1.82) is 0 Å². The van der Waals surface area contributed by atoms with Gasteiger partial charge in [0.1, 0.15) is 0 Å². The van der Waals surface area contributed by atoms with Crippen LogP contribution in [-0.4, -0.2) is 13.1 Å². The molecule has 2 rings (SSSR count). The molecule has 2 nitrogen and oxygen atoms in total. The Hall–Kier alpha value is -1.44. The van der Waals surface area contributed by atoms with Crippen LogP contribution in [0.15, 0.2) is 30.5 Å². The Balaban J connectivity index is 2.08. The highest BCUT2D eigenvalue weighted by atomic mass is 15.1. The van der Waals surface area contributed by atoms with E-state index in [1.165, 1.54) is 43.6 Å². The zero-order chi connectivity index (χ0) is 10.5. The molecule has 80 valence electrons. The summed E-state index contributed by atoms with van der Waals surface area (Å²) in [6, 6.07) is 8.60. The number of benzene rings is 1. The van der Waals surface area contributed by atoms with Crippen molar-refractivity contribution in [2.75, 3.05) is 18.0 Å². The summed E-state index contributed by atoms with van der Waals surface area (Å²) in [6.07, 6.45) is 7.52. The third-order valence-electron chi connectivity index (χ3n) is 2.90. The van der Waals surface area contributed by atoms with Gasteiger partial charge in [0.25, 0.3) is 0 Å². The molecule has 1 fully saturated rings. The molecule has 2 N–H and O–H groups in total. The van der Waals surface area contributed by atoms with Gasteiger partial charge in [-0.3, -0.25) is 0 Å². The fourth-order valence-corrected chi connectivity index (χ4v) is 2.06. The van der Waals surface area contributed by atoms with Crippen molar-refractivity contribution in [3.63, 3.8) is 0 Å². The Bertz CT molecular complexity index is 321. The average Bonchev–Trinajstić information content (AvgIpc) is 2.32. The summed E-state index contributed by atoms with van der Waals surface area (Å²) in [5, 5.41) is 0. The average molecular weight is 202 g/mol. The first-order valence-corrected chi connectivity index (χ1v) is 5.63. The van der Waals surface area contributed by atoms with Gasteiger partial charge >= 0.3 is 0 Å². The van der Waals surface area contributed by atoms with Gasteiger partial charge in [0, 0.05) is 18.8 Å². The largest absolute Gasteiger partial charge is 0.405 e. The maximum Gasteiger partial charge on any atom is 0.0366 e. The van der Waals surface area contributed by atoms with E-state index in [1.54, 1.807) is 6.20 Å². The van der Waals surface area contributed by atoms with Crippen molar-refractivity contribution in [3.05, 3.63) is 36.0 Å². The van der Waals surface area contributed by atoms with Crippen molar-refractivity contribution in [1.82, 2.24) is 0 Å². The van der Waals surface area contributed by atoms with Crippen molar-refractivity contribution >= 4 is 11.8 Å². The summed E-state index contributed by atoms with van der Waals surface area (Å²) in [5.74, 6) is 0. The van der Waals surface area contributed by atoms with Crippen LogP contribution in [0, 0.1) is 0 Å². The van der Waals surface area contributed by atoms with Crippen LogP contribution in [-0.2, 0) is 0 Å². The van der Waals surface area contributed by atoms with Gasteiger partial charge in [-0.05, 0) is 49.2 Å². The molecule has 0 unspecified atom stereocenters. The van der Waals surface area contributed by atoms with Crippen LogP contribution in [0.1, 0.15) is 24.8 Å². The first-order valence-electron chi connectivity index (χ1n) is 5.63. The summed E-state index contributed by atoms with van der Waals surface area (Å²) < 4.78 is 0. The summed E-state index contributed by atoms with van der Waals surface area (Å²) >= 11 is 0. The van der Waals surface area contributed by atoms with Gasteiger partial charge in [-0.25, -0.2) is 0 Å². The molecule has 0 amide bonds. The highest BCUT2D eigenvalue weighted by Gasteiger charge is 2.09. The number of piperidine rings is 1. The summed E-state index contributed by atoms with van der Waals surface area (Å²) in [6.45, 7) is 2.40. The predicted octanol–water partition coefficient (Wildman–Crippen LogP) is 2.61. The van der Waals surface area contributed by atoms with Crippen LogP contribution in [0.3, 0.4) is 0 Å². The van der Waals surface area contributed by atoms with Crippen LogP contribution in [0.2, 0.25) is 0 Å². The van der Waals surface area contributed by atoms with E-state index < -0.39 is 0 Å². The Kier molecular flexibility index (Phi) is 3.28. The molecule has 0 aromatic heterocycles. The molecule has 0 radical (unpaired) electrons. The van der Waals surface area contributed by atoms with Crippen molar-refractivity contribution < 1.29 is 0 Å². The lowest BCUT2D eigenvalue weighted by atomic mass is 10.1. The molecule has 1 aromatic carbocycles. The molecular weight excluding hydrogens is 184 g/mol. The molecule has 0 bridgehead atoms. The molecule has 0 atom stereocenters. The lowest BCUT2D eigenvalue weighted by molar-refractivity contribution is 0.578. The molecule has 0 saturated carbocycles. The molecule has 2 heteroatoms. The van der Waals surface area contributed by atoms with E-state index in [1.807, 2.05) is 6.08 Å². The van der Waals surface area contributed by atoms with E-state index in [-0.39, 0.29) is 0 Å². The molecular formula is C13H18N2. The molecule has 1 aliphatic heterocycles. The number of nitrogens with zero attached hydrogens (tertiary/aromatic N) is 1. The summed E-state index contributed by atoms with van der Waals surface area (Å²) in [7, 11) is 0. The standard InChI is InChI=1S/C13H18N2/c14-9-8-12-4-6-13(7-5-12)15-10-2-1-3-11-15/h4-9H,1-3,10-11,14H2/b9-8+. The maximum absolute atomic E-state index is 5.35. The Morgan fingerprint density at radius 1 is 1.00 bits per heavy atom. The SMILES string of the molecule is N/C=C/c1ccc(N2CCCCC2)cc1. The molecule has 0 aliphatic carbocycles. The van der Waals surface area contributed by atoms with Gasteiger partial charge in [-0.1, -0.05) is 12.1 Å². The second kappa shape index (κ2) is 4.87. The van der Waals surface area contributed by atoms with Gasteiger partial charge < -0.3 is 10.6 Å². The van der Waals surface area contributed by atoms with Crippen LogP contribution in [0.25, 0.3) is 6.08 Å². The van der Waals surface area contributed by atoms with E-state index in [0.29, 0.717) is 0 Å². The molecule has 1 saturated heterocycles. The second-order valence-electron chi connectivity index (χ2n) is 4.00. The van der Waals surface area contributed by atoms with E-state index in [9.17, 15) is 0 Å². The topological polar surface area (TPSA) is 29.3 Å². The highest BCUT2D eigenvalue weighted by Crippen LogP contribution is 2.20. The second-order valence-corrected chi connectivity index (χ2v) is 4.00. The Morgan fingerprint density at radius 2 is 1.67 bits per heavy atom. The minimum absolute atomic E-state index is 1.17. The minimum atomic E-state index is 1.17. The quantitative estimate of drug-likeness (QED) is 0.798. The van der Waals surface area contributed by atoms with E-state index in [2.05, 4.69) is 29.2 Å². The van der Waals surface area contributed by atoms with Crippen LogP contribution < -0.4 is 10.6 Å². The predicted molar refractivity (Wildman–Crippen MR) is 65.7 cm³/mol. The van der Waals surface area contributed by atoms with Gasteiger partial charge in [-0.15, -0.1) is 0 Å². The summed E-state index contributed by atoms with van der Waals surface area (Å²) in [4.78, 5) is 2.46. The number of anilines is 1. The zero-order valence-electron chi connectivity index (χ0n) is 9.02. The van der Waals surface area contributed by atoms with Gasteiger partial charge in [0.15, 0.2) is 0 Å². The van der Waals surface area contributed by atoms with Crippen LogP contribution in [0.4, 0.5) is 5.69 Å². The van der Waals surface area contributed by atoms with Gasteiger partial charge in [-0.2, -0.15) is 0 Å².